The van der Waals surface area contributed by atoms with Crippen LogP contribution in [-0.2, 0) is 6.42 Å². The van der Waals surface area contributed by atoms with Gasteiger partial charge >= 0.3 is 5.97 Å². The number of carbonyl (C=O) groups is 1. The van der Waals surface area contributed by atoms with Crippen LogP contribution < -0.4 is 0 Å². The van der Waals surface area contributed by atoms with Crippen LogP contribution in [0.4, 0.5) is 0 Å². The van der Waals surface area contributed by atoms with Crippen LogP contribution in [-0.4, -0.2) is 20.9 Å². The largest absolute Gasteiger partial charge is 0.478 e. The molecule has 5 heteroatoms. The number of aromatic nitrogens is 2. The Balaban J connectivity index is 2.10. The predicted molar refractivity (Wildman–Crippen MR) is 76.4 cm³/mol. The second-order valence-electron chi connectivity index (χ2n) is 5.23. The predicted octanol–water partition coefficient (Wildman–Crippen LogP) is 2.90. The van der Waals surface area contributed by atoms with Gasteiger partial charge in [0.2, 0.25) is 0 Å². The molecule has 0 radical (unpaired) electrons. The monoisotopic (exact) mass is 281 g/mol. The number of benzene rings is 1. The van der Waals surface area contributed by atoms with Crippen molar-refractivity contribution < 1.29 is 9.90 Å². The molecule has 0 spiro atoms. The molecule has 0 bridgehead atoms. The summed E-state index contributed by atoms with van der Waals surface area (Å²) in [4.78, 5) is 11.4. The Bertz CT molecular complexity index is 727. The number of aromatic carboxylic acids is 1. The van der Waals surface area contributed by atoms with E-state index in [1.165, 1.54) is 0 Å². The van der Waals surface area contributed by atoms with Crippen molar-refractivity contribution in [2.75, 3.05) is 0 Å². The molecule has 1 unspecified atom stereocenters. The van der Waals surface area contributed by atoms with E-state index in [0.29, 0.717) is 12.1 Å². The average Bonchev–Trinajstić information content (AvgIpc) is 2.92. The van der Waals surface area contributed by atoms with Crippen LogP contribution in [0.15, 0.2) is 30.5 Å². The Morgan fingerprint density at radius 1 is 1.48 bits per heavy atom. The van der Waals surface area contributed by atoms with Gasteiger partial charge in [-0.05, 0) is 37.0 Å². The topological polar surface area (TPSA) is 78.9 Å². The van der Waals surface area contributed by atoms with Crippen molar-refractivity contribution >= 4 is 5.97 Å². The molecular weight excluding hydrogens is 266 g/mol. The summed E-state index contributed by atoms with van der Waals surface area (Å²) in [7, 11) is 0. The summed E-state index contributed by atoms with van der Waals surface area (Å²) in [6.07, 6.45) is 5.13. The molecule has 3 rings (SSSR count). The molecule has 1 heterocycles. The molecular formula is C16H15N3O2. The molecule has 106 valence electrons. The smallest absolute Gasteiger partial charge is 0.337 e. The van der Waals surface area contributed by atoms with Crippen molar-refractivity contribution in [1.29, 1.82) is 5.26 Å². The standard InChI is InChI=1S/C16H15N3O2/c17-9-8-11-4-3-7-15-13(11)10-18-19(15)14-6-2-1-5-12(14)16(20)21/h1-2,5-6,10-11H,3-4,7-8H2,(H,20,21). The van der Waals surface area contributed by atoms with Gasteiger partial charge in [-0.2, -0.15) is 10.4 Å². The zero-order valence-electron chi connectivity index (χ0n) is 11.5. The minimum absolute atomic E-state index is 0.212. The summed E-state index contributed by atoms with van der Waals surface area (Å²) in [6, 6.07) is 9.10. The summed E-state index contributed by atoms with van der Waals surface area (Å²) >= 11 is 0. The van der Waals surface area contributed by atoms with E-state index in [1.807, 2.05) is 6.07 Å². The highest BCUT2D eigenvalue weighted by Gasteiger charge is 2.25. The third-order valence-electron chi connectivity index (χ3n) is 4.01. The van der Waals surface area contributed by atoms with Gasteiger partial charge in [-0.3, -0.25) is 0 Å². The highest BCUT2D eigenvalue weighted by atomic mass is 16.4. The maximum Gasteiger partial charge on any atom is 0.337 e. The first kappa shape index (κ1) is 13.4. The minimum Gasteiger partial charge on any atom is -0.478 e. The number of nitrogens with zero attached hydrogens (tertiary/aromatic N) is 3. The first-order valence-corrected chi connectivity index (χ1v) is 6.99. The number of carboxylic acids is 1. The van der Waals surface area contributed by atoms with Crippen LogP contribution in [0.2, 0.25) is 0 Å². The van der Waals surface area contributed by atoms with Gasteiger partial charge in [-0.25, -0.2) is 9.48 Å². The van der Waals surface area contributed by atoms with Crippen LogP contribution in [0.25, 0.3) is 5.69 Å². The van der Waals surface area contributed by atoms with Crippen LogP contribution in [0.3, 0.4) is 0 Å². The fraction of sp³-hybridized carbons (Fsp3) is 0.312. The van der Waals surface area contributed by atoms with Gasteiger partial charge in [0.05, 0.1) is 23.5 Å². The lowest BCUT2D eigenvalue weighted by molar-refractivity contribution is 0.0696. The van der Waals surface area contributed by atoms with Crippen molar-refractivity contribution in [1.82, 2.24) is 9.78 Å². The first-order valence-electron chi connectivity index (χ1n) is 6.99. The number of rotatable bonds is 3. The summed E-state index contributed by atoms with van der Waals surface area (Å²) < 4.78 is 1.72. The molecule has 1 aliphatic carbocycles. The van der Waals surface area contributed by atoms with E-state index < -0.39 is 5.97 Å². The van der Waals surface area contributed by atoms with Crippen molar-refractivity contribution in [3.63, 3.8) is 0 Å². The molecule has 0 amide bonds. The second-order valence-corrected chi connectivity index (χ2v) is 5.23. The fourth-order valence-corrected chi connectivity index (χ4v) is 3.02. The Morgan fingerprint density at radius 3 is 3.05 bits per heavy atom. The van der Waals surface area contributed by atoms with Crippen molar-refractivity contribution in [3.8, 4) is 11.8 Å². The van der Waals surface area contributed by atoms with Gasteiger partial charge in [0.1, 0.15) is 0 Å². The van der Waals surface area contributed by atoms with Gasteiger partial charge in [-0.15, -0.1) is 0 Å². The van der Waals surface area contributed by atoms with Crippen molar-refractivity contribution in [2.24, 2.45) is 0 Å². The zero-order chi connectivity index (χ0) is 14.8. The molecule has 2 aromatic rings. The van der Waals surface area contributed by atoms with Gasteiger partial charge < -0.3 is 5.11 Å². The minimum atomic E-state index is -0.959. The van der Waals surface area contributed by atoms with Crippen molar-refractivity contribution in [3.05, 3.63) is 47.3 Å². The van der Waals surface area contributed by atoms with E-state index in [2.05, 4.69) is 11.2 Å². The van der Waals surface area contributed by atoms with E-state index in [1.54, 1.807) is 29.1 Å². The average molecular weight is 281 g/mol. The number of nitriles is 1. The third-order valence-corrected chi connectivity index (χ3v) is 4.01. The maximum absolute atomic E-state index is 11.4. The quantitative estimate of drug-likeness (QED) is 0.938. The number of carboxylic acid groups (broad SMARTS) is 1. The molecule has 0 fully saturated rings. The summed E-state index contributed by atoms with van der Waals surface area (Å²) in [6.45, 7) is 0. The Hall–Kier alpha value is -2.61. The lowest BCUT2D eigenvalue weighted by Gasteiger charge is -2.21. The maximum atomic E-state index is 11.4. The third kappa shape index (κ3) is 2.29. The summed E-state index contributed by atoms with van der Waals surface area (Å²) in [5.74, 6) is -0.747. The molecule has 5 nitrogen and oxygen atoms in total. The molecule has 1 atom stereocenters. The van der Waals surface area contributed by atoms with E-state index in [-0.39, 0.29) is 11.5 Å². The fourth-order valence-electron chi connectivity index (χ4n) is 3.02. The number of para-hydroxylation sites is 1. The Labute approximate surface area is 122 Å². The van der Waals surface area contributed by atoms with Crippen LogP contribution in [0, 0.1) is 11.3 Å². The molecule has 1 aromatic carbocycles. The summed E-state index contributed by atoms with van der Waals surface area (Å²) in [5.41, 5.74) is 2.95. The molecule has 1 N–H and O–H groups in total. The highest BCUT2D eigenvalue weighted by Crippen LogP contribution is 2.35. The van der Waals surface area contributed by atoms with Gasteiger partial charge in [-0.1, -0.05) is 12.1 Å². The number of hydrogen-bond donors (Lipinski definition) is 1. The van der Waals surface area contributed by atoms with Crippen LogP contribution in [0.5, 0.6) is 0 Å². The van der Waals surface area contributed by atoms with Crippen LogP contribution in [0.1, 0.15) is 46.8 Å². The first-order chi connectivity index (χ1) is 10.2. The zero-order valence-corrected chi connectivity index (χ0v) is 11.5. The Morgan fingerprint density at radius 2 is 2.29 bits per heavy atom. The van der Waals surface area contributed by atoms with Gasteiger partial charge in [0.15, 0.2) is 0 Å². The molecule has 1 aromatic heterocycles. The van der Waals surface area contributed by atoms with E-state index in [4.69, 9.17) is 5.26 Å². The molecule has 1 aliphatic rings. The van der Waals surface area contributed by atoms with Gasteiger partial charge in [0, 0.05) is 18.0 Å². The SMILES string of the molecule is N#CCC1CCCc2c1cnn2-c1ccccc1C(=O)O. The van der Waals surface area contributed by atoms with Gasteiger partial charge in [0.25, 0.3) is 0 Å². The van der Waals surface area contributed by atoms with Crippen molar-refractivity contribution in [2.45, 2.75) is 31.6 Å². The molecule has 0 aliphatic heterocycles. The molecule has 0 saturated heterocycles. The number of fused-ring (bicyclic) bond motifs is 1. The summed E-state index contributed by atoms with van der Waals surface area (Å²) in [5, 5.41) is 22.6. The van der Waals surface area contributed by atoms with E-state index in [0.717, 1.165) is 30.5 Å². The normalized spacial score (nSPS) is 17.0. The molecule has 0 saturated carbocycles. The highest BCUT2D eigenvalue weighted by molar-refractivity contribution is 5.91. The number of hydrogen-bond acceptors (Lipinski definition) is 3. The molecule has 21 heavy (non-hydrogen) atoms. The lowest BCUT2D eigenvalue weighted by Crippen LogP contribution is -2.14. The second kappa shape index (κ2) is 5.41. The van der Waals surface area contributed by atoms with Crippen LogP contribution >= 0.6 is 0 Å². The van der Waals surface area contributed by atoms with E-state index >= 15 is 0 Å². The lowest BCUT2D eigenvalue weighted by atomic mass is 9.85. The van der Waals surface area contributed by atoms with E-state index in [9.17, 15) is 9.90 Å². The Kier molecular flexibility index (Phi) is 3.44.